The van der Waals surface area contributed by atoms with Gasteiger partial charge in [0.1, 0.15) is 12.0 Å². The van der Waals surface area contributed by atoms with Gasteiger partial charge in [0.15, 0.2) is 0 Å². The highest BCUT2D eigenvalue weighted by molar-refractivity contribution is 5.94. The van der Waals surface area contributed by atoms with E-state index in [9.17, 15) is 4.79 Å². The van der Waals surface area contributed by atoms with Crippen LogP contribution < -0.4 is 5.73 Å². The molecule has 2 heterocycles. The Morgan fingerprint density at radius 1 is 1.22 bits per heavy atom. The van der Waals surface area contributed by atoms with Gasteiger partial charge < -0.3 is 15.1 Å². The van der Waals surface area contributed by atoms with Crippen LogP contribution in [-0.2, 0) is 13.0 Å². The highest BCUT2D eigenvalue weighted by Gasteiger charge is 2.24. The van der Waals surface area contributed by atoms with Gasteiger partial charge in [-0.05, 0) is 43.2 Å². The van der Waals surface area contributed by atoms with Crippen molar-refractivity contribution < 1.29 is 9.21 Å². The molecular formula is C19H24N2O2. The third-order valence-electron chi connectivity index (χ3n) is 4.69. The van der Waals surface area contributed by atoms with Crippen LogP contribution in [0.5, 0.6) is 0 Å². The Bertz CT molecular complexity index is 628. The minimum atomic E-state index is 0.0648. The van der Waals surface area contributed by atoms with Crippen molar-refractivity contribution in [2.75, 3.05) is 13.1 Å². The number of nitrogens with zero attached hydrogens (tertiary/aromatic N) is 1. The summed E-state index contributed by atoms with van der Waals surface area (Å²) in [6.45, 7) is 2.00. The Morgan fingerprint density at radius 3 is 2.61 bits per heavy atom. The maximum atomic E-state index is 12.4. The zero-order chi connectivity index (χ0) is 16.1. The Morgan fingerprint density at radius 2 is 1.96 bits per heavy atom. The predicted molar refractivity (Wildman–Crippen MR) is 90.0 cm³/mol. The molecule has 3 rings (SSSR count). The zero-order valence-corrected chi connectivity index (χ0v) is 13.4. The Labute approximate surface area is 137 Å². The highest BCUT2D eigenvalue weighted by Crippen LogP contribution is 2.24. The molecule has 0 spiro atoms. The van der Waals surface area contributed by atoms with Gasteiger partial charge in [0, 0.05) is 13.1 Å². The van der Waals surface area contributed by atoms with Crippen LogP contribution in [0.2, 0.25) is 0 Å². The summed E-state index contributed by atoms with van der Waals surface area (Å²) in [5.74, 6) is 1.43. The Kier molecular flexibility index (Phi) is 5.13. The van der Waals surface area contributed by atoms with Gasteiger partial charge in [-0.3, -0.25) is 4.79 Å². The molecule has 1 amide bonds. The van der Waals surface area contributed by atoms with E-state index in [4.69, 9.17) is 10.2 Å². The number of benzene rings is 1. The molecule has 1 saturated heterocycles. The van der Waals surface area contributed by atoms with Gasteiger partial charge in [0.25, 0.3) is 5.91 Å². The fraction of sp³-hybridized carbons (Fsp3) is 0.421. The molecule has 23 heavy (non-hydrogen) atoms. The van der Waals surface area contributed by atoms with Crippen molar-refractivity contribution in [1.82, 2.24) is 4.90 Å². The Hall–Kier alpha value is -2.07. The summed E-state index contributed by atoms with van der Waals surface area (Å²) >= 11 is 0. The number of rotatable bonds is 5. The minimum Gasteiger partial charge on any atom is -0.467 e. The summed E-state index contributed by atoms with van der Waals surface area (Å²) in [5, 5.41) is 0. The van der Waals surface area contributed by atoms with E-state index in [1.54, 1.807) is 6.07 Å². The first-order valence-electron chi connectivity index (χ1n) is 8.37. The molecule has 1 aromatic heterocycles. The normalized spacial score (nSPS) is 15.8. The molecule has 4 heteroatoms. The molecule has 4 nitrogen and oxygen atoms in total. The van der Waals surface area contributed by atoms with E-state index in [0.29, 0.717) is 23.8 Å². The summed E-state index contributed by atoms with van der Waals surface area (Å²) in [6.07, 6.45) is 6.02. The molecule has 0 bridgehead atoms. The molecular weight excluding hydrogens is 288 g/mol. The Balaban J connectivity index is 1.47. The van der Waals surface area contributed by atoms with Crippen molar-refractivity contribution in [1.29, 1.82) is 0 Å². The quantitative estimate of drug-likeness (QED) is 0.922. The second-order valence-electron chi connectivity index (χ2n) is 6.27. The first kappa shape index (κ1) is 15.8. The van der Waals surface area contributed by atoms with Crippen LogP contribution in [0.15, 0.2) is 47.1 Å². The van der Waals surface area contributed by atoms with Gasteiger partial charge in [0.05, 0.1) is 12.1 Å². The molecule has 0 unspecified atom stereocenters. The third kappa shape index (κ3) is 4.02. The smallest absolute Gasteiger partial charge is 0.257 e. The van der Waals surface area contributed by atoms with E-state index in [1.807, 2.05) is 4.90 Å². The molecule has 1 aliphatic rings. The minimum absolute atomic E-state index is 0.0648. The van der Waals surface area contributed by atoms with E-state index in [0.717, 1.165) is 32.4 Å². The van der Waals surface area contributed by atoms with Crippen molar-refractivity contribution in [3.8, 4) is 0 Å². The van der Waals surface area contributed by atoms with E-state index < -0.39 is 0 Å². The van der Waals surface area contributed by atoms with Crippen LogP contribution in [0.4, 0.5) is 0 Å². The summed E-state index contributed by atoms with van der Waals surface area (Å²) in [7, 11) is 0. The molecule has 0 atom stereocenters. The number of carbonyl (C=O) groups excluding carboxylic acids is 1. The number of piperidine rings is 1. The number of furan rings is 1. The average Bonchev–Trinajstić information content (AvgIpc) is 3.10. The number of nitrogens with two attached hydrogens (primary N) is 1. The van der Waals surface area contributed by atoms with E-state index in [-0.39, 0.29) is 5.91 Å². The monoisotopic (exact) mass is 312 g/mol. The van der Waals surface area contributed by atoms with Gasteiger partial charge in [-0.15, -0.1) is 0 Å². The third-order valence-corrected chi connectivity index (χ3v) is 4.69. The molecule has 2 aromatic rings. The molecule has 1 aliphatic heterocycles. The lowest BCUT2D eigenvalue weighted by Gasteiger charge is -2.31. The van der Waals surface area contributed by atoms with Gasteiger partial charge in [-0.25, -0.2) is 0 Å². The zero-order valence-electron chi connectivity index (χ0n) is 13.4. The van der Waals surface area contributed by atoms with Crippen molar-refractivity contribution in [3.63, 3.8) is 0 Å². The van der Waals surface area contributed by atoms with Crippen LogP contribution in [0.1, 0.15) is 40.9 Å². The van der Waals surface area contributed by atoms with Crippen LogP contribution in [-0.4, -0.2) is 23.9 Å². The van der Waals surface area contributed by atoms with Gasteiger partial charge in [0.2, 0.25) is 0 Å². The standard InChI is InChI=1S/C19H24N2O2/c20-13-18-12-17(14-23-18)19(22)21-10-8-16(9-11-21)7-6-15-4-2-1-3-5-15/h1-5,12,14,16H,6-11,13,20H2. The molecule has 1 aromatic carbocycles. The first-order chi connectivity index (χ1) is 11.3. The summed E-state index contributed by atoms with van der Waals surface area (Å²) in [5.41, 5.74) is 7.54. The fourth-order valence-corrected chi connectivity index (χ4v) is 3.22. The maximum Gasteiger partial charge on any atom is 0.257 e. The van der Waals surface area contributed by atoms with E-state index >= 15 is 0 Å². The molecule has 1 fully saturated rings. The summed E-state index contributed by atoms with van der Waals surface area (Å²) in [6, 6.07) is 12.4. The maximum absolute atomic E-state index is 12.4. The van der Waals surface area contributed by atoms with Crippen LogP contribution in [0, 0.1) is 5.92 Å². The highest BCUT2D eigenvalue weighted by atomic mass is 16.3. The van der Waals surface area contributed by atoms with Crippen molar-refractivity contribution in [2.45, 2.75) is 32.2 Å². The lowest BCUT2D eigenvalue weighted by molar-refractivity contribution is 0.0686. The molecule has 122 valence electrons. The largest absolute Gasteiger partial charge is 0.467 e. The van der Waals surface area contributed by atoms with E-state index in [1.165, 1.54) is 18.2 Å². The molecule has 2 N–H and O–H groups in total. The van der Waals surface area contributed by atoms with Crippen LogP contribution in [0.25, 0.3) is 0 Å². The van der Waals surface area contributed by atoms with Crippen molar-refractivity contribution in [3.05, 3.63) is 59.5 Å². The summed E-state index contributed by atoms with van der Waals surface area (Å²) in [4.78, 5) is 14.4. The number of carbonyl (C=O) groups is 1. The predicted octanol–water partition coefficient (Wildman–Crippen LogP) is 3.22. The second kappa shape index (κ2) is 7.47. The van der Waals surface area contributed by atoms with E-state index in [2.05, 4.69) is 30.3 Å². The average molecular weight is 312 g/mol. The lowest BCUT2D eigenvalue weighted by atomic mass is 9.90. The SMILES string of the molecule is NCc1cc(C(=O)N2CCC(CCc3ccccc3)CC2)co1. The van der Waals surface area contributed by atoms with Gasteiger partial charge >= 0.3 is 0 Å². The van der Waals surface area contributed by atoms with Crippen LogP contribution in [0.3, 0.4) is 0 Å². The molecule has 0 radical (unpaired) electrons. The lowest BCUT2D eigenvalue weighted by Crippen LogP contribution is -2.38. The number of aryl methyl sites for hydroxylation is 1. The first-order valence-corrected chi connectivity index (χ1v) is 8.37. The number of hydrogen-bond donors (Lipinski definition) is 1. The number of likely N-dealkylation sites (tertiary alicyclic amines) is 1. The second-order valence-corrected chi connectivity index (χ2v) is 6.27. The van der Waals surface area contributed by atoms with Gasteiger partial charge in [-0.1, -0.05) is 30.3 Å². The van der Waals surface area contributed by atoms with Crippen molar-refractivity contribution in [2.24, 2.45) is 11.7 Å². The van der Waals surface area contributed by atoms with Crippen molar-refractivity contribution >= 4 is 5.91 Å². The topological polar surface area (TPSA) is 59.5 Å². The number of hydrogen-bond acceptors (Lipinski definition) is 3. The van der Waals surface area contributed by atoms with Crippen LogP contribution >= 0.6 is 0 Å². The fourth-order valence-electron chi connectivity index (χ4n) is 3.22. The molecule has 0 aliphatic carbocycles. The van der Waals surface area contributed by atoms with Gasteiger partial charge in [-0.2, -0.15) is 0 Å². The summed E-state index contributed by atoms with van der Waals surface area (Å²) < 4.78 is 5.26. The number of amides is 1. The molecule has 0 saturated carbocycles.